The van der Waals surface area contributed by atoms with Gasteiger partial charge in [0.15, 0.2) is 6.61 Å². The molecule has 0 aliphatic carbocycles. The van der Waals surface area contributed by atoms with Crippen LogP contribution in [-0.2, 0) is 19.1 Å². The number of hydrogen-bond acceptors (Lipinski definition) is 6. The van der Waals surface area contributed by atoms with Crippen molar-refractivity contribution in [1.82, 2.24) is 16.0 Å². The van der Waals surface area contributed by atoms with Crippen LogP contribution in [-0.4, -0.2) is 57.0 Å². The number of nitrogens with one attached hydrogen (secondary N) is 3. The Kier molecular flexibility index (Phi) is 9.23. The third-order valence-electron chi connectivity index (χ3n) is 3.11. The Labute approximate surface area is 151 Å². The summed E-state index contributed by atoms with van der Waals surface area (Å²) in [6, 6.07) is 6.43. The lowest BCUT2D eigenvalue weighted by atomic mass is 10.2. The Morgan fingerprint density at radius 1 is 1.00 bits per heavy atom. The predicted molar refractivity (Wildman–Crippen MR) is 92.6 cm³/mol. The van der Waals surface area contributed by atoms with Crippen LogP contribution in [0.15, 0.2) is 24.3 Å². The van der Waals surface area contributed by atoms with Crippen LogP contribution in [0, 0.1) is 0 Å². The van der Waals surface area contributed by atoms with Crippen molar-refractivity contribution in [1.29, 1.82) is 0 Å². The third kappa shape index (κ3) is 8.13. The van der Waals surface area contributed by atoms with Crippen LogP contribution in [0.1, 0.15) is 23.7 Å². The molecule has 0 saturated heterocycles. The monoisotopic (exact) mass is 365 g/mol. The van der Waals surface area contributed by atoms with Crippen molar-refractivity contribution >= 4 is 23.7 Å². The topological polar surface area (TPSA) is 123 Å². The molecule has 1 aromatic rings. The number of hydrogen-bond donors (Lipinski definition) is 3. The standard InChI is InChI=1S/C17H23N3O6/c1-3-7-18-14(21)9-19-15(22)11-26-16(23)10-20-17(24)12-5-4-6-13(8-12)25-2/h4-6,8H,3,7,9-11H2,1-2H3,(H,18,21)(H,19,22)(H,20,24). The second-order valence-corrected chi connectivity index (χ2v) is 5.20. The van der Waals surface area contributed by atoms with Gasteiger partial charge in [-0.05, 0) is 24.6 Å². The second-order valence-electron chi connectivity index (χ2n) is 5.20. The molecule has 0 fully saturated rings. The molecule has 0 atom stereocenters. The van der Waals surface area contributed by atoms with Crippen molar-refractivity contribution in [2.45, 2.75) is 13.3 Å². The van der Waals surface area contributed by atoms with Gasteiger partial charge in [0.2, 0.25) is 5.91 Å². The van der Waals surface area contributed by atoms with Crippen LogP contribution in [0.4, 0.5) is 0 Å². The van der Waals surface area contributed by atoms with Crippen LogP contribution >= 0.6 is 0 Å². The number of benzene rings is 1. The van der Waals surface area contributed by atoms with Gasteiger partial charge in [-0.3, -0.25) is 19.2 Å². The van der Waals surface area contributed by atoms with Gasteiger partial charge in [-0.2, -0.15) is 0 Å². The highest BCUT2D eigenvalue weighted by Crippen LogP contribution is 2.12. The van der Waals surface area contributed by atoms with Crippen molar-refractivity contribution in [3.05, 3.63) is 29.8 Å². The molecule has 0 radical (unpaired) electrons. The van der Waals surface area contributed by atoms with E-state index in [0.29, 0.717) is 17.9 Å². The van der Waals surface area contributed by atoms with E-state index in [1.165, 1.54) is 13.2 Å². The highest BCUT2D eigenvalue weighted by molar-refractivity contribution is 5.96. The minimum absolute atomic E-state index is 0.192. The maximum Gasteiger partial charge on any atom is 0.325 e. The lowest BCUT2D eigenvalue weighted by Gasteiger charge is -2.08. The van der Waals surface area contributed by atoms with E-state index in [2.05, 4.69) is 16.0 Å². The highest BCUT2D eigenvalue weighted by atomic mass is 16.5. The quantitative estimate of drug-likeness (QED) is 0.485. The molecule has 0 aromatic heterocycles. The van der Waals surface area contributed by atoms with Gasteiger partial charge in [-0.1, -0.05) is 13.0 Å². The van der Waals surface area contributed by atoms with Gasteiger partial charge in [-0.25, -0.2) is 0 Å². The average Bonchev–Trinajstić information content (AvgIpc) is 2.67. The van der Waals surface area contributed by atoms with Crippen LogP contribution < -0.4 is 20.7 Å². The van der Waals surface area contributed by atoms with Crippen molar-refractivity contribution in [3.63, 3.8) is 0 Å². The lowest BCUT2D eigenvalue weighted by molar-refractivity contribution is -0.147. The lowest BCUT2D eigenvalue weighted by Crippen LogP contribution is -2.39. The van der Waals surface area contributed by atoms with Gasteiger partial charge in [-0.15, -0.1) is 0 Å². The smallest absolute Gasteiger partial charge is 0.325 e. The molecule has 0 unspecified atom stereocenters. The average molecular weight is 365 g/mol. The first-order chi connectivity index (χ1) is 12.5. The first kappa shape index (κ1) is 20.9. The van der Waals surface area contributed by atoms with Crippen LogP contribution in [0.3, 0.4) is 0 Å². The summed E-state index contributed by atoms with van der Waals surface area (Å²) in [5.74, 6) is -1.66. The second kappa shape index (κ2) is 11.5. The zero-order valence-corrected chi connectivity index (χ0v) is 14.8. The van der Waals surface area contributed by atoms with E-state index in [1.807, 2.05) is 6.92 Å². The molecule has 26 heavy (non-hydrogen) atoms. The molecular weight excluding hydrogens is 342 g/mol. The molecule has 0 aliphatic heterocycles. The summed E-state index contributed by atoms with van der Waals surface area (Å²) >= 11 is 0. The number of ether oxygens (including phenoxy) is 2. The molecule has 0 saturated carbocycles. The van der Waals surface area contributed by atoms with Crippen molar-refractivity contribution in [2.24, 2.45) is 0 Å². The molecule has 9 heteroatoms. The number of carbonyl (C=O) groups excluding carboxylic acids is 4. The Bertz CT molecular complexity index is 647. The van der Waals surface area contributed by atoms with Crippen molar-refractivity contribution in [3.8, 4) is 5.75 Å². The third-order valence-corrected chi connectivity index (χ3v) is 3.11. The fourth-order valence-electron chi connectivity index (χ4n) is 1.77. The normalized spacial score (nSPS) is 9.77. The molecule has 142 valence electrons. The van der Waals surface area contributed by atoms with E-state index in [4.69, 9.17) is 9.47 Å². The molecule has 3 N–H and O–H groups in total. The zero-order valence-electron chi connectivity index (χ0n) is 14.8. The summed E-state index contributed by atoms with van der Waals surface area (Å²) in [4.78, 5) is 46.3. The van der Waals surface area contributed by atoms with Gasteiger partial charge in [0.25, 0.3) is 11.8 Å². The first-order valence-corrected chi connectivity index (χ1v) is 8.07. The van der Waals surface area contributed by atoms with E-state index >= 15 is 0 Å². The fraction of sp³-hybridized carbons (Fsp3) is 0.412. The minimum atomic E-state index is -0.771. The van der Waals surface area contributed by atoms with E-state index in [1.54, 1.807) is 18.2 Å². The molecule has 0 aliphatic rings. The summed E-state index contributed by atoms with van der Waals surface area (Å²) in [6.45, 7) is 1.32. The van der Waals surface area contributed by atoms with Gasteiger partial charge in [0.05, 0.1) is 13.7 Å². The molecule has 0 bridgehead atoms. The van der Waals surface area contributed by atoms with Crippen molar-refractivity contribution in [2.75, 3.05) is 33.4 Å². The molecular formula is C17H23N3O6. The predicted octanol–water partition coefficient (Wildman–Crippen LogP) is -0.389. The summed E-state index contributed by atoms with van der Waals surface area (Å²) in [5.41, 5.74) is 0.327. The molecule has 1 aromatic carbocycles. The van der Waals surface area contributed by atoms with Gasteiger partial charge < -0.3 is 25.4 Å². The van der Waals surface area contributed by atoms with Crippen LogP contribution in [0.5, 0.6) is 5.75 Å². The Morgan fingerprint density at radius 3 is 2.46 bits per heavy atom. The molecule has 9 nitrogen and oxygen atoms in total. The maximum absolute atomic E-state index is 11.9. The van der Waals surface area contributed by atoms with E-state index in [0.717, 1.165) is 6.42 Å². The van der Waals surface area contributed by atoms with Gasteiger partial charge in [0, 0.05) is 12.1 Å². The van der Waals surface area contributed by atoms with Crippen molar-refractivity contribution < 1.29 is 28.7 Å². The number of carbonyl (C=O) groups is 4. The minimum Gasteiger partial charge on any atom is -0.497 e. The van der Waals surface area contributed by atoms with E-state index in [-0.39, 0.29) is 19.0 Å². The van der Waals surface area contributed by atoms with E-state index < -0.39 is 24.4 Å². The summed E-state index contributed by atoms with van der Waals surface area (Å²) in [6.07, 6.45) is 0.790. The molecule has 0 heterocycles. The summed E-state index contributed by atoms with van der Waals surface area (Å²) in [5, 5.41) is 7.29. The maximum atomic E-state index is 11.9. The Morgan fingerprint density at radius 2 is 1.77 bits per heavy atom. The van der Waals surface area contributed by atoms with Crippen LogP contribution in [0.2, 0.25) is 0 Å². The van der Waals surface area contributed by atoms with Crippen LogP contribution in [0.25, 0.3) is 0 Å². The first-order valence-electron chi connectivity index (χ1n) is 8.07. The van der Waals surface area contributed by atoms with Gasteiger partial charge in [0.1, 0.15) is 12.3 Å². The molecule has 1 rings (SSSR count). The largest absolute Gasteiger partial charge is 0.497 e. The SMILES string of the molecule is CCCNC(=O)CNC(=O)COC(=O)CNC(=O)c1cccc(OC)c1. The van der Waals surface area contributed by atoms with E-state index in [9.17, 15) is 19.2 Å². The molecule has 0 spiro atoms. The summed E-state index contributed by atoms with van der Waals surface area (Å²) < 4.78 is 9.74. The Hall–Kier alpha value is -3.10. The highest BCUT2D eigenvalue weighted by Gasteiger charge is 2.12. The number of amides is 3. The van der Waals surface area contributed by atoms with Gasteiger partial charge >= 0.3 is 5.97 Å². The number of methoxy groups -OCH3 is 1. The Balaban J connectivity index is 2.26. The number of esters is 1. The summed E-state index contributed by atoms with van der Waals surface area (Å²) in [7, 11) is 1.48. The fourth-order valence-corrected chi connectivity index (χ4v) is 1.77. The zero-order chi connectivity index (χ0) is 19.4. The number of rotatable bonds is 10. The molecule has 3 amide bonds.